The molecule has 1 aromatic carbocycles. The molecule has 3 fully saturated rings. The fourth-order valence-electron chi connectivity index (χ4n) is 4.36. The van der Waals surface area contributed by atoms with Crippen LogP contribution in [0, 0.1) is 11.3 Å². The Bertz CT molecular complexity index is 586. The first-order valence-corrected chi connectivity index (χ1v) is 9.38. The standard InChI is InChI=1S/C20H29N3O.HI/c1-21-19(23-10-7-20(15-23)8-11-24-12-9-20)22-18-14-17(18)13-16-5-3-2-4-6-16;/h2-6,17-18H,7-15H2,1H3,(H,21,22);1H. The molecule has 0 radical (unpaired) electrons. The molecule has 5 heteroatoms. The van der Waals surface area contributed by atoms with Crippen molar-refractivity contribution in [2.75, 3.05) is 33.4 Å². The highest BCUT2D eigenvalue weighted by molar-refractivity contribution is 14.0. The van der Waals surface area contributed by atoms with Gasteiger partial charge in [0.05, 0.1) is 0 Å². The Morgan fingerprint density at radius 3 is 2.72 bits per heavy atom. The third-order valence-electron chi connectivity index (χ3n) is 6.08. The summed E-state index contributed by atoms with van der Waals surface area (Å²) in [5, 5.41) is 3.72. The van der Waals surface area contributed by atoms with Gasteiger partial charge in [0, 0.05) is 39.4 Å². The van der Waals surface area contributed by atoms with Gasteiger partial charge in [-0.05, 0) is 49.0 Å². The number of nitrogens with zero attached hydrogens (tertiary/aromatic N) is 2. The van der Waals surface area contributed by atoms with Crippen LogP contribution in [-0.4, -0.2) is 50.3 Å². The molecule has 2 saturated heterocycles. The third kappa shape index (κ3) is 4.48. The monoisotopic (exact) mass is 455 g/mol. The van der Waals surface area contributed by atoms with E-state index in [0.717, 1.165) is 38.2 Å². The molecule has 1 spiro atoms. The van der Waals surface area contributed by atoms with Gasteiger partial charge in [-0.25, -0.2) is 0 Å². The minimum absolute atomic E-state index is 0. The molecule has 4 nitrogen and oxygen atoms in total. The Kier molecular flexibility index (Phi) is 6.25. The Morgan fingerprint density at radius 2 is 2.00 bits per heavy atom. The lowest BCUT2D eigenvalue weighted by Gasteiger charge is -2.33. The van der Waals surface area contributed by atoms with E-state index >= 15 is 0 Å². The molecule has 2 atom stereocenters. The molecule has 2 heterocycles. The highest BCUT2D eigenvalue weighted by Gasteiger charge is 2.42. The molecule has 3 aliphatic rings. The van der Waals surface area contributed by atoms with E-state index in [1.807, 2.05) is 7.05 Å². The highest BCUT2D eigenvalue weighted by atomic mass is 127. The Hall–Kier alpha value is -0.820. The summed E-state index contributed by atoms with van der Waals surface area (Å²) < 4.78 is 5.56. The van der Waals surface area contributed by atoms with E-state index in [0.29, 0.717) is 11.5 Å². The van der Waals surface area contributed by atoms with Crippen LogP contribution in [0.15, 0.2) is 35.3 Å². The number of likely N-dealkylation sites (tertiary alicyclic amines) is 1. The van der Waals surface area contributed by atoms with Crippen LogP contribution in [0.5, 0.6) is 0 Å². The van der Waals surface area contributed by atoms with Gasteiger partial charge >= 0.3 is 0 Å². The van der Waals surface area contributed by atoms with Gasteiger partial charge in [0.1, 0.15) is 0 Å². The van der Waals surface area contributed by atoms with Crippen LogP contribution in [0.4, 0.5) is 0 Å². The molecule has 1 N–H and O–H groups in total. The molecule has 1 saturated carbocycles. The van der Waals surface area contributed by atoms with Crippen molar-refractivity contribution in [1.29, 1.82) is 0 Å². The van der Waals surface area contributed by atoms with Gasteiger partial charge in [0.2, 0.25) is 0 Å². The molecule has 0 amide bonds. The summed E-state index contributed by atoms with van der Waals surface area (Å²) in [4.78, 5) is 7.05. The van der Waals surface area contributed by atoms with Crippen LogP contribution in [-0.2, 0) is 11.2 Å². The molecule has 2 aliphatic heterocycles. The van der Waals surface area contributed by atoms with E-state index in [-0.39, 0.29) is 24.0 Å². The maximum Gasteiger partial charge on any atom is 0.193 e. The quantitative estimate of drug-likeness (QED) is 0.432. The van der Waals surface area contributed by atoms with E-state index < -0.39 is 0 Å². The Balaban J connectivity index is 0.00000182. The summed E-state index contributed by atoms with van der Waals surface area (Å²) in [6, 6.07) is 11.4. The van der Waals surface area contributed by atoms with E-state index in [9.17, 15) is 0 Å². The molecule has 1 aromatic rings. The summed E-state index contributed by atoms with van der Waals surface area (Å²) in [5.74, 6) is 1.86. The third-order valence-corrected chi connectivity index (χ3v) is 6.08. The van der Waals surface area contributed by atoms with Crippen molar-refractivity contribution in [3.8, 4) is 0 Å². The zero-order chi connectivity index (χ0) is 16.4. The maximum absolute atomic E-state index is 5.56. The summed E-state index contributed by atoms with van der Waals surface area (Å²) in [6.45, 7) is 4.14. The van der Waals surface area contributed by atoms with Crippen molar-refractivity contribution in [2.45, 2.75) is 38.1 Å². The first kappa shape index (κ1) is 19.0. The fraction of sp³-hybridized carbons (Fsp3) is 0.650. The van der Waals surface area contributed by atoms with Gasteiger partial charge in [-0.3, -0.25) is 4.99 Å². The zero-order valence-corrected chi connectivity index (χ0v) is 17.4. The molecule has 138 valence electrons. The number of rotatable bonds is 3. The predicted octanol–water partition coefficient (Wildman–Crippen LogP) is 3.31. The van der Waals surface area contributed by atoms with E-state index in [1.54, 1.807) is 0 Å². The van der Waals surface area contributed by atoms with Crippen LogP contribution in [0.2, 0.25) is 0 Å². The van der Waals surface area contributed by atoms with Crippen molar-refractivity contribution >= 4 is 29.9 Å². The number of ether oxygens (including phenoxy) is 1. The molecule has 2 unspecified atom stereocenters. The van der Waals surface area contributed by atoms with Crippen molar-refractivity contribution in [1.82, 2.24) is 10.2 Å². The minimum atomic E-state index is 0. The van der Waals surface area contributed by atoms with Gasteiger partial charge < -0.3 is 15.0 Å². The summed E-state index contributed by atoms with van der Waals surface area (Å²) >= 11 is 0. The smallest absolute Gasteiger partial charge is 0.193 e. The SMILES string of the molecule is CN=C(NC1CC1Cc1ccccc1)N1CCC2(CCOCC2)C1.I. The largest absolute Gasteiger partial charge is 0.381 e. The second-order valence-corrected chi connectivity index (χ2v) is 7.77. The van der Waals surface area contributed by atoms with Gasteiger partial charge in [-0.2, -0.15) is 0 Å². The maximum atomic E-state index is 5.56. The minimum Gasteiger partial charge on any atom is -0.381 e. The van der Waals surface area contributed by atoms with Crippen molar-refractivity contribution < 1.29 is 4.74 Å². The van der Waals surface area contributed by atoms with Crippen LogP contribution in [0.1, 0.15) is 31.2 Å². The second-order valence-electron chi connectivity index (χ2n) is 7.77. The van der Waals surface area contributed by atoms with Crippen LogP contribution in [0.25, 0.3) is 0 Å². The predicted molar refractivity (Wildman–Crippen MR) is 113 cm³/mol. The molecular weight excluding hydrogens is 425 g/mol. The Labute approximate surface area is 168 Å². The lowest BCUT2D eigenvalue weighted by molar-refractivity contribution is 0.0217. The molecule has 25 heavy (non-hydrogen) atoms. The number of guanidine groups is 1. The Morgan fingerprint density at radius 1 is 1.24 bits per heavy atom. The topological polar surface area (TPSA) is 36.9 Å². The van der Waals surface area contributed by atoms with E-state index in [2.05, 4.69) is 45.5 Å². The zero-order valence-electron chi connectivity index (χ0n) is 15.1. The van der Waals surface area contributed by atoms with Gasteiger partial charge in [-0.15, -0.1) is 24.0 Å². The average molecular weight is 455 g/mol. The number of hydrogen-bond donors (Lipinski definition) is 1. The average Bonchev–Trinajstić information content (AvgIpc) is 3.23. The number of hydrogen-bond acceptors (Lipinski definition) is 2. The van der Waals surface area contributed by atoms with Crippen LogP contribution >= 0.6 is 24.0 Å². The van der Waals surface area contributed by atoms with Gasteiger partial charge in [0.25, 0.3) is 0 Å². The number of nitrogens with one attached hydrogen (secondary N) is 1. The van der Waals surface area contributed by atoms with Crippen LogP contribution < -0.4 is 5.32 Å². The van der Waals surface area contributed by atoms with Crippen LogP contribution in [0.3, 0.4) is 0 Å². The van der Waals surface area contributed by atoms with Gasteiger partial charge in [0.15, 0.2) is 5.96 Å². The summed E-state index contributed by atoms with van der Waals surface area (Å²) in [6.07, 6.45) is 6.15. The normalized spacial score (nSPS) is 27.9. The first-order chi connectivity index (χ1) is 11.8. The number of benzene rings is 1. The van der Waals surface area contributed by atoms with E-state index in [4.69, 9.17) is 4.74 Å². The lowest BCUT2D eigenvalue weighted by atomic mass is 9.80. The highest BCUT2D eigenvalue weighted by Crippen LogP contribution is 2.40. The lowest BCUT2D eigenvalue weighted by Crippen LogP contribution is -2.43. The summed E-state index contributed by atoms with van der Waals surface area (Å²) in [7, 11) is 1.92. The molecular formula is C20H30IN3O. The van der Waals surface area contributed by atoms with Crippen molar-refractivity contribution in [3.05, 3.63) is 35.9 Å². The van der Waals surface area contributed by atoms with Crippen molar-refractivity contribution in [3.63, 3.8) is 0 Å². The molecule has 0 bridgehead atoms. The number of aliphatic imine (C=N–C) groups is 1. The number of halogens is 1. The fourth-order valence-corrected chi connectivity index (χ4v) is 4.36. The van der Waals surface area contributed by atoms with Gasteiger partial charge in [-0.1, -0.05) is 30.3 Å². The van der Waals surface area contributed by atoms with Crippen molar-refractivity contribution in [2.24, 2.45) is 16.3 Å². The molecule has 0 aromatic heterocycles. The second kappa shape index (κ2) is 8.25. The first-order valence-electron chi connectivity index (χ1n) is 9.38. The molecule has 4 rings (SSSR count). The summed E-state index contributed by atoms with van der Waals surface area (Å²) in [5.41, 5.74) is 1.92. The molecule has 1 aliphatic carbocycles. The van der Waals surface area contributed by atoms with E-state index in [1.165, 1.54) is 37.7 Å².